The molecule has 0 spiro atoms. The molecular formula is C17H28IN3O2. The van der Waals surface area contributed by atoms with E-state index in [1.165, 1.54) is 18.4 Å². The number of rotatable bonds is 9. The largest absolute Gasteiger partial charge is 0.497 e. The zero-order valence-electron chi connectivity index (χ0n) is 14.0. The van der Waals surface area contributed by atoms with Gasteiger partial charge in [0.2, 0.25) is 0 Å². The first-order valence-electron chi connectivity index (χ1n) is 7.97. The molecule has 0 radical (unpaired) electrons. The van der Waals surface area contributed by atoms with Crippen molar-refractivity contribution in [2.75, 3.05) is 33.9 Å². The normalized spacial score (nSPS) is 14.1. The average Bonchev–Trinajstić information content (AvgIpc) is 3.38. The van der Waals surface area contributed by atoms with Crippen LogP contribution in [-0.4, -0.2) is 39.9 Å². The molecule has 1 aliphatic carbocycles. The summed E-state index contributed by atoms with van der Waals surface area (Å²) >= 11 is 0. The van der Waals surface area contributed by atoms with Crippen LogP contribution in [0.15, 0.2) is 29.3 Å². The molecule has 0 aromatic heterocycles. The number of nitrogens with one attached hydrogen (secondary N) is 2. The van der Waals surface area contributed by atoms with E-state index in [1.54, 1.807) is 14.2 Å². The van der Waals surface area contributed by atoms with Crippen LogP contribution in [0, 0.1) is 5.92 Å². The van der Waals surface area contributed by atoms with Gasteiger partial charge in [0.15, 0.2) is 5.96 Å². The number of methoxy groups -OCH3 is 1. The van der Waals surface area contributed by atoms with Crippen molar-refractivity contribution in [1.29, 1.82) is 0 Å². The molecule has 1 aromatic rings. The first kappa shape index (κ1) is 20.0. The Balaban J connectivity index is 0.00000264. The van der Waals surface area contributed by atoms with Crippen LogP contribution >= 0.6 is 24.0 Å². The van der Waals surface area contributed by atoms with E-state index >= 15 is 0 Å². The third-order valence-electron chi connectivity index (χ3n) is 3.65. The Morgan fingerprint density at radius 1 is 1.22 bits per heavy atom. The fourth-order valence-corrected chi connectivity index (χ4v) is 2.07. The minimum absolute atomic E-state index is 0. The number of benzene rings is 1. The Morgan fingerprint density at radius 2 is 1.96 bits per heavy atom. The third-order valence-corrected chi connectivity index (χ3v) is 3.65. The summed E-state index contributed by atoms with van der Waals surface area (Å²) in [5, 5.41) is 6.60. The molecule has 23 heavy (non-hydrogen) atoms. The zero-order chi connectivity index (χ0) is 15.6. The van der Waals surface area contributed by atoms with Crippen molar-refractivity contribution in [3.05, 3.63) is 29.8 Å². The molecule has 0 atom stereocenters. The molecule has 2 rings (SSSR count). The van der Waals surface area contributed by atoms with Gasteiger partial charge in [-0.3, -0.25) is 4.99 Å². The SMILES string of the molecule is CN=C(NCCCOCC1CC1)NCc1ccc(OC)cc1.I. The van der Waals surface area contributed by atoms with Crippen molar-refractivity contribution in [1.82, 2.24) is 10.6 Å². The molecule has 1 aromatic carbocycles. The predicted molar refractivity (Wildman–Crippen MR) is 105 cm³/mol. The van der Waals surface area contributed by atoms with Gasteiger partial charge >= 0.3 is 0 Å². The smallest absolute Gasteiger partial charge is 0.191 e. The number of ether oxygens (including phenoxy) is 2. The Morgan fingerprint density at radius 3 is 2.57 bits per heavy atom. The van der Waals surface area contributed by atoms with Gasteiger partial charge in [0.25, 0.3) is 0 Å². The highest BCUT2D eigenvalue weighted by molar-refractivity contribution is 14.0. The fourth-order valence-electron chi connectivity index (χ4n) is 2.07. The molecule has 1 saturated carbocycles. The van der Waals surface area contributed by atoms with Gasteiger partial charge in [0.1, 0.15) is 5.75 Å². The van der Waals surface area contributed by atoms with Crippen LogP contribution in [0.1, 0.15) is 24.8 Å². The van der Waals surface area contributed by atoms with Gasteiger partial charge in [0, 0.05) is 33.4 Å². The van der Waals surface area contributed by atoms with Gasteiger partial charge in [-0.05, 0) is 42.9 Å². The van der Waals surface area contributed by atoms with Crippen LogP contribution < -0.4 is 15.4 Å². The van der Waals surface area contributed by atoms with E-state index < -0.39 is 0 Å². The summed E-state index contributed by atoms with van der Waals surface area (Å²) in [6.07, 6.45) is 3.69. The van der Waals surface area contributed by atoms with Crippen molar-refractivity contribution in [2.24, 2.45) is 10.9 Å². The van der Waals surface area contributed by atoms with E-state index in [-0.39, 0.29) is 24.0 Å². The standard InChI is InChI=1S/C17H27N3O2.HI/c1-18-17(19-10-3-11-22-13-15-4-5-15)20-12-14-6-8-16(21-2)9-7-14;/h6-9,15H,3-5,10-13H2,1-2H3,(H2,18,19,20);1H. The van der Waals surface area contributed by atoms with Gasteiger partial charge in [-0.1, -0.05) is 12.1 Å². The first-order chi connectivity index (χ1) is 10.8. The summed E-state index contributed by atoms with van der Waals surface area (Å²) < 4.78 is 10.8. The second kappa shape index (κ2) is 11.5. The van der Waals surface area contributed by atoms with Crippen LogP contribution in [0.25, 0.3) is 0 Å². The molecule has 0 bridgehead atoms. The minimum atomic E-state index is 0. The molecule has 0 unspecified atom stereocenters. The van der Waals surface area contributed by atoms with E-state index in [2.05, 4.69) is 15.6 Å². The van der Waals surface area contributed by atoms with Gasteiger partial charge in [0.05, 0.1) is 7.11 Å². The molecule has 0 aliphatic heterocycles. The summed E-state index contributed by atoms with van der Waals surface area (Å²) in [7, 11) is 3.46. The predicted octanol–water partition coefficient (Wildman–Crippen LogP) is 2.79. The molecular weight excluding hydrogens is 405 g/mol. The molecule has 0 amide bonds. The molecule has 6 heteroatoms. The summed E-state index contributed by atoms with van der Waals surface area (Å²) in [6.45, 7) is 3.36. The second-order valence-corrected chi connectivity index (χ2v) is 5.57. The van der Waals surface area contributed by atoms with Crippen molar-refractivity contribution >= 4 is 29.9 Å². The fraction of sp³-hybridized carbons (Fsp3) is 0.588. The van der Waals surface area contributed by atoms with Gasteiger partial charge in [-0.15, -0.1) is 24.0 Å². The van der Waals surface area contributed by atoms with Gasteiger partial charge in [-0.25, -0.2) is 0 Å². The monoisotopic (exact) mass is 433 g/mol. The Bertz CT molecular complexity index is 461. The quantitative estimate of drug-likeness (QED) is 0.272. The number of hydrogen-bond donors (Lipinski definition) is 2. The number of nitrogens with zero attached hydrogens (tertiary/aromatic N) is 1. The maximum Gasteiger partial charge on any atom is 0.191 e. The molecule has 5 nitrogen and oxygen atoms in total. The number of halogens is 1. The third kappa shape index (κ3) is 8.41. The van der Waals surface area contributed by atoms with Crippen LogP contribution in [0.4, 0.5) is 0 Å². The molecule has 130 valence electrons. The highest BCUT2D eigenvalue weighted by atomic mass is 127. The van der Waals surface area contributed by atoms with Crippen molar-refractivity contribution in [3.63, 3.8) is 0 Å². The summed E-state index contributed by atoms with van der Waals surface area (Å²) in [5.74, 6) is 2.53. The van der Waals surface area contributed by atoms with Crippen molar-refractivity contribution in [3.8, 4) is 5.75 Å². The molecule has 1 fully saturated rings. The second-order valence-electron chi connectivity index (χ2n) is 5.57. The van der Waals surface area contributed by atoms with Crippen LogP contribution in [0.2, 0.25) is 0 Å². The number of hydrogen-bond acceptors (Lipinski definition) is 3. The number of guanidine groups is 1. The lowest BCUT2D eigenvalue weighted by molar-refractivity contribution is 0.123. The Labute approximate surface area is 156 Å². The highest BCUT2D eigenvalue weighted by Gasteiger charge is 2.20. The lowest BCUT2D eigenvalue weighted by Gasteiger charge is -2.12. The average molecular weight is 433 g/mol. The lowest BCUT2D eigenvalue weighted by atomic mass is 10.2. The van der Waals surface area contributed by atoms with Crippen LogP contribution in [0.5, 0.6) is 5.75 Å². The Hall–Kier alpha value is -1.02. The summed E-state index contributed by atoms with van der Waals surface area (Å²) in [6, 6.07) is 8.02. The first-order valence-corrected chi connectivity index (χ1v) is 7.97. The lowest BCUT2D eigenvalue weighted by Crippen LogP contribution is -2.37. The van der Waals surface area contributed by atoms with Crippen molar-refractivity contribution in [2.45, 2.75) is 25.8 Å². The van der Waals surface area contributed by atoms with Crippen molar-refractivity contribution < 1.29 is 9.47 Å². The maximum absolute atomic E-state index is 5.61. The van der Waals surface area contributed by atoms with E-state index in [0.29, 0.717) is 0 Å². The van der Waals surface area contributed by atoms with E-state index in [4.69, 9.17) is 9.47 Å². The molecule has 0 heterocycles. The van der Waals surface area contributed by atoms with Gasteiger partial charge in [-0.2, -0.15) is 0 Å². The Kier molecular flexibility index (Phi) is 10.0. The highest BCUT2D eigenvalue weighted by Crippen LogP contribution is 2.28. The van der Waals surface area contributed by atoms with E-state index in [9.17, 15) is 0 Å². The van der Waals surface area contributed by atoms with Gasteiger partial charge < -0.3 is 20.1 Å². The topological polar surface area (TPSA) is 54.9 Å². The number of aliphatic imine (C=N–C) groups is 1. The molecule has 1 aliphatic rings. The summed E-state index contributed by atoms with van der Waals surface area (Å²) in [4.78, 5) is 4.22. The maximum atomic E-state index is 5.61. The van der Waals surface area contributed by atoms with Crippen LogP contribution in [0.3, 0.4) is 0 Å². The minimum Gasteiger partial charge on any atom is -0.497 e. The van der Waals surface area contributed by atoms with E-state index in [1.807, 2.05) is 24.3 Å². The molecule has 2 N–H and O–H groups in total. The zero-order valence-corrected chi connectivity index (χ0v) is 16.3. The summed E-state index contributed by atoms with van der Waals surface area (Å²) in [5.41, 5.74) is 1.19. The van der Waals surface area contributed by atoms with E-state index in [0.717, 1.165) is 50.4 Å². The van der Waals surface area contributed by atoms with Crippen LogP contribution in [-0.2, 0) is 11.3 Å². The molecule has 0 saturated heterocycles.